The van der Waals surface area contributed by atoms with Crippen LogP contribution in [0.15, 0.2) is 24.3 Å². The number of halogens is 3. The number of nitrogens with zero attached hydrogens (tertiary/aromatic N) is 1. The molecular formula is C13H16F3NO. The van der Waals surface area contributed by atoms with Crippen LogP contribution >= 0.6 is 0 Å². The van der Waals surface area contributed by atoms with E-state index in [1.54, 1.807) is 6.07 Å². The first-order valence-electron chi connectivity index (χ1n) is 6.02. The fourth-order valence-corrected chi connectivity index (χ4v) is 2.18. The summed E-state index contributed by atoms with van der Waals surface area (Å²) in [7, 11) is 0. The highest BCUT2D eigenvalue weighted by Gasteiger charge is 2.30. The van der Waals surface area contributed by atoms with E-state index < -0.39 is 11.7 Å². The van der Waals surface area contributed by atoms with Crippen LogP contribution in [0.2, 0.25) is 0 Å². The van der Waals surface area contributed by atoms with Gasteiger partial charge in [0, 0.05) is 19.6 Å². The third-order valence-corrected chi connectivity index (χ3v) is 3.22. The quantitative estimate of drug-likeness (QED) is 0.882. The zero-order chi connectivity index (χ0) is 13.2. The first-order chi connectivity index (χ1) is 8.45. The number of hydrogen-bond donors (Lipinski definition) is 1. The standard InChI is InChI=1S/C13H16F3NO/c14-13(15,16)11-3-1-2-10(8-11)9-17-6-4-12(18)5-7-17/h1-3,8,12,18H,4-7,9H2. The number of benzene rings is 1. The molecule has 1 heterocycles. The van der Waals surface area contributed by atoms with Crippen LogP contribution in [0.1, 0.15) is 24.0 Å². The average Bonchev–Trinajstić information content (AvgIpc) is 2.31. The van der Waals surface area contributed by atoms with E-state index in [1.807, 2.05) is 0 Å². The third-order valence-electron chi connectivity index (χ3n) is 3.22. The van der Waals surface area contributed by atoms with Gasteiger partial charge in [-0.1, -0.05) is 18.2 Å². The highest BCUT2D eigenvalue weighted by molar-refractivity contribution is 5.25. The normalized spacial score (nSPS) is 19.1. The monoisotopic (exact) mass is 259 g/mol. The zero-order valence-corrected chi connectivity index (χ0v) is 9.95. The Morgan fingerprint density at radius 1 is 1.22 bits per heavy atom. The molecule has 1 aliphatic heterocycles. The van der Waals surface area contributed by atoms with Crippen molar-refractivity contribution in [2.75, 3.05) is 13.1 Å². The van der Waals surface area contributed by atoms with Crippen LogP contribution in [0.4, 0.5) is 13.2 Å². The molecule has 1 N–H and O–H groups in total. The van der Waals surface area contributed by atoms with Gasteiger partial charge < -0.3 is 5.11 Å². The van der Waals surface area contributed by atoms with Crippen molar-refractivity contribution in [2.45, 2.75) is 31.7 Å². The second-order valence-electron chi connectivity index (χ2n) is 4.71. The molecule has 18 heavy (non-hydrogen) atoms. The molecule has 1 aromatic carbocycles. The van der Waals surface area contributed by atoms with Gasteiger partial charge in [0.1, 0.15) is 0 Å². The van der Waals surface area contributed by atoms with Gasteiger partial charge in [0.05, 0.1) is 11.7 Å². The van der Waals surface area contributed by atoms with E-state index in [2.05, 4.69) is 4.90 Å². The molecule has 1 fully saturated rings. The van der Waals surface area contributed by atoms with Crippen molar-refractivity contribution in [1.82, 2.24) is 4.90 Å². The molecule has 2 rings (SSSR count). The Bertz CT molecular complexity index is 397. The summed E-state index contributed by atoms with van der Waals surface area (Å²) in [5.74, 6) is 0. The summed E-state index contributed by atoms with van der Waals surface area (Å²) in [6.45, 7) is 1.98. The maximum atomic E-state index is 12.6. The van der Waals surface area contributed by atoms with E-state index in [4.69, 9.17) is 0 Å². The number of likely N-dealkylation sites (tertiary alicyclic amines) is 1. The van der Waals surface area contributed by atoms with Crippen molar-refractivity contribution in [1.29, 1.82) is 0 Å². The lowest BCUT2D eigenvalue weighted by Gasteiger charge is -2.29. The van der Waals surface area contributed by atoms with Crippen LogP contribution in [-0.2, 0) is 12.7 Å². The van der Waals surface area contributed by atoms with E-state index >= 15 is 0 Å². The number of rotatable bonds is 2. The smallest absolute Gasteiger partial charge is 0.393 e. The molecule has 5 heteroatoms. The molecule has 1 aromatic rings. The maximum Gasteiger partial charge on any atom is 0.416 e. The van der Waals surface area contributed by atoms with Crippen LogP contribution in [0.25, 0.3) is 0 Å². The van der Waals surface area contributed by atoms with Crippen molar-refractivity contribution in [3.8, 4) is 0 Å². The molecule has 0 aliphatic carbocycles. The lowest BCUT2D eigenvalue weighted by Crippen LogP contribution is -2.35. The van der Waals surface area contributed by atoms with Gasteiger partial charge in [-0.15, -0.1) is 0 Å². The van der Waals surface area contributed by atoms with Gasteiger partial charge in [-0.05, 0) is 24.5 Å². The largest absolute Gasteiger partial charge is 0.416 e. The van der Waals surface area contributed by atoms with E-state index in [-0.39, 0.29) is 6.10 Å². The van der Waals surface area contributed by atoms with E-state index in [9.17, 15) is 18.3 Å². The second kappa shape index (κ2) is 5.28. The van der Waals surface area contributed by atoms with Gasteiger partial charge in [0.15, 0.2) is 0 Å². The Morgan fingerprint density at radius 3 is 2.50 bits per heavy atom. The molecule has 0 amide bonds. The number of aliphatic hydroxyl groups is 1. The van der Waals surface area contributed by atoms with Gasteiger partial charge in [-0.25, -0.2) is 0 Å². The lowest BCUT2D eigenvalue weighted by atomic mass is 10.1. The predicted molar refractivity (Wildman–Crippen MR) is 62.0 cm³/mol. The van der Waals surface area contributed by atoms with Crippen LogP contribution in [0, 0.1) is 0 Å². The molecule has 2 nitrogen and oxygen atoms in total. The van der Waals surface area contributed by atoms with Gasteiger partial charge in [0.25, 0.3) is 0 Å². The van der Waals surface area contributed by atoms with E-state index in [1.165, 1.54) is 12.1 Å². The molecule has 1 saturated heterocycles. The molecule has 0 saturated carbocycles. The number of hydrogen-bond acceptors (Lipinski definition) is 2. The Morgan fingerprint density at radius 2 is 1.89 bits per heavy atom. The minimum atomic E-state index is -4.28. The number of alkyl halides is 3. The summed E-state index contributed by atoms with van der Waals surface area (Å²) in [4.78, 5) is 2.07. The van der Waals surface area contributed by atoms with Gasteiger partial charge in [-0.2, -0.15) is 13.2 Å². The van der Waals surface area contributed by atoms with Crippen LogP contribution in [0.3, 0.4) is 0 Å². The lowest BCUT2D eigenvalue weighted by molar-refractivity contribution is -0.137. The SMILES string of the molecule is OC1CCN(Cc2cccc(C(F)(F)F)c2)CC1. The summed E-state index contributed by atoms with van der Waals surface area (Å²) in [6.07, 6.45) is -3.16. The Labute approximate surface area is 104 Å². The average molecular weight is 259 g/mol. The topological polar surface area (TPSA) is 23.5 Å². The Balaban J connectivity index is 2.01. The first-order valence-corrected chi connectivity index (χ1v) is 6.02. The molecule has 100 valence electrons. The van der Waals surface area contributed by atoms with Gasteiger partial charge in [-0.3, -0.25) is 4.90 Å². The summed E-state index contributed by atoms with van der Waals surface area (Å²) >= 11 is 0. The molecule has 0 atom stereocenters. The minimum absolute atomic E-state index is 0.261. The number of aliphatic hydroxyl groups excluding tert-OH is 1. The summed E-state index contributed by atoms with van der Waals surface area (Å²) < 4.78 is 37.7. The first kappa shape index (κ1) is 13.4. The minimum Gasteiger partial charge on any atom is -0.393 e. The Kier molecular flexibility index (Phi) is 3.92. The molecule has 1 aliphatic rings. The van der Waals surface area contributed by atoms with Crippen LogP contribution in [0.5, 0.6) is 0 Å². The molecule has 0 aromatic heterocycles. The summed E-state index contributed by atoms with van der Waals surface area (Å²) in [6, 6.07) is 5.44. The van der Waals surface area contributed by atoms with Gasteiger partial charge >= 0.3 is 6.18 Å². The molecule has 0 bridgehead atoms. The van der Waals surface area contributed by atoms with E-state index in [0.717, 1.165) is 19.2 Å². The predicted octanol–water partition coefficient (Wildman–Crippen LogP) is 2.66. The van der Waals surface area contributed by atoms with E-state index in [0.29, 0.717) is 24.9 Å². The highest BCUT2D eigenvalue weighted by atomic mass is 19.4. The fourth-order valence-electron chi connectivity index (χ4n) is 2.18. The molecule has 0 unspecified atom stereocenters. The van der Waals surface area contributed by atoms with Gasteiger partial charge in [0.2, 0.25) is 0 Å². The van der Waals surface area contributed by atoms with Crippen LogP contribution < -0.4 is 0 Å². The second-order valence-corrected chi connectivity index (χ2v) is 4.71. The molecule has 0 radical (unpaired) electrons. The van der Waals surface area contributed by atoms with Crippen LogP contribution in [-0.4, -0.2) is 29.2 Å². The number of piperidine rings is 1. The summed E-state index contributed by atoms with van der Waals surface area (Å²) in [5, 5.41) is 9.37. The third kappa shape index (κ3) is 3.46. The van der Waals surface area contributed by atoms with Crippen molar-refractivity contribution < 1.29 is 18.3 Å². The van der Waals surface area contributed by atoms with Crippen molar-refractivity contribution in [3.63, 3.8) is 0 Å². The summed E-state index contributed by atoms with van der Waals surface area (Å²) in [5.41, 5.74) is 0.0678. The zero-order valence-electron chi connectivity index (χ0n) is 9.95. The van der Waals surface area contributed by atoms with Crippen molar-refractivity contribution in [2.24, 2.45) is 0 Å². The fraction of sp³-hybridized carbons (Fsp3) is 0.538. The highest BCUT2D eigenvalue weighted by Crippen LogP contribution is 2.29. The Hall–Kier alpha value is -1.07. The molecular weight excluding hydrogens is 243 g/mol. The van der Waals surface area contributed by atoms with Crippen molar-refractivity contribution in [3.05, 3.63) is 35.4 Å². The van der Waals surface area contributed by atoms with Crippen molar-refractivity contribution >= 4 is 0 Å². The maximum absolute atomic E-state index is 12.6. The molecule has 0 spiro atoms.